The second kappa shape index (κ2) is 13.9. The maximum absolute atomic E-state index is 12.1. The number of benzene rings is 2. The number of hydrogen-bond acceptors (Lipinski definition) is 3. The van der Waals surface area contributed by atoms with Crippen molar-refractivity contribution < 1.29 is 65.7 Å². The number of carbonyl (C=O) groups is 1. The fourth-order valence-corrected chi connectivity index (χ4v) is 3.38. The fourth-order valence-electron chi connectivity index (χ4n) is 3.38. The van der Waals surface area contributed by atoms with Crippen molar-refractivity contribution in [1.82, 2.24) is 0 Å². The zero-order valence-corrected chi connectivity index (χ0v) is 22.2. The van der Waals surface area contributed by atoms with Gasteiger partial charge < -0.3 is 21.3 Å². The average Bonchev–Trinajstić information content (AvgIpc) is 2.77. The third-order valence-electron chi connectivity index (χ3n) is 5.33. The van der Waals surface area contributed by atoms with E-state index >= 15 is 0 Å². The molecule has 3 rings (SSSR count). The molecule has 5 heteroatoms. The standard InChI is InChI=1S/C15H20NO2.C11H10O.K/c1-11-8-9-13(10-14(11)18-2)16-15(17)12-6-4-3-5-7-12;1-4-10-5-8(2)9(3)11(6-10)7-12;/h3,8-10,12H,4-7H2,1-2H3,(H,16,17);4-6H,1,3H2,2H3;/q-1;-2;+1. The van der Waals surface area contributed by atoms with Crippen LogP contribution in [0.5, 0.6) is 5.75 Å². The Morgan fingerprint density at radius 2 is 1.90 bits per heavy atom. The largest absolute Gasteiger partial charge is 1.00 e. The molecule has 4 nitrogen and oxygen atoms in total. The van der Waals surface area contributed by atoms with E-state index in [1.807, 2.05) is 44.4 Å². The van der Waals surface area contributed by atoms with Gasteiger partial charge in [0.05, 0.1) is 7.11 Å². The predicted molar refractivity (Wildman–Crippen MR) is 123 cm³/mol. The van der Waals surface area contributed by atoms with E-state index in [9.17, 15) is 9.59 Å². The summed E-state index contributed by atoms with van der Waals surface area (Å²) in [5.74, 6) is 1.10. The Labute approximate surface area is 229 Å². The van der Waals surface area contributed by atoms with Crippen molar-refractivity contribution in [1.29, 1.82) is 0 Å². The first-order valence-electron chi connectivity index (χ1n) is 10.1. The molecule has 0 saturated heterocycles. The molecule has 1 aliphatic rings. The van der Waals surface area contributed by atoms with Gasteiger partial charge in [-0.3, -0.25) is 22.8 Å². The summed E-state index contributed by atoms with van der Waals surface area (Å²) in [7, 11) is 1.64. The van der Waals surface area contributed by atoms with Gasteiger partial charge in [-0.05, 0) is 24.8 Å². The number of rotatable bonds is 5. The molecule has 1 N–H and O–H groups in total. The molecule has 0 radical (unpaired) electrons. The van der Waals surface area contributed by atoms with Crippen LogP contribution >= 0.6 is 0 Å². The Bertz CT molecular complexity index is 902. The van der Waals surface area contributed by atoms with Crippen LogP contribution in [0.1, 0.15) is 53.5 Å². The van der Waals surface area contributed by atoms with Crippen molar-refractivity contribution in [3.8, 4) is 5.75 Å². The molecule has 1 aliphatic carbocycles. The van der Waals surface area contributed by atoms with Crippen molar-refractivity contribution in [3.05, 3.63) is 78.1 Å². The number of amides is 1. The van der Waals surface area contributed by atoms with Crippen molar-refractivity contribution in [2.75, 3.05) is 12.4 Å². The van der Waals surface area contributed by atoms with Crippen LogP contribution in [0.3, 0.4) is 0 Å². The van der Waals surface area contributed by atoms with Gasteiger partial charge >= 0.3 is 51.4 Å². The number of hydrogen-bond donors (Lipinski definition) is 1. The van der Waals surface area contributed by atoms with Crippen molar-refractivity contribution in [2.45, 2.75) is 39.5 Å². The van der Waals surface area contributed by atoms with E-state index in [1.165, 1.54) is 0 Å². The first kappa shape index (κ1) is 27.7. The Kier molecular flexibility index (Phi) is 12.4. The minimum Gasteiger partial charge on any atom is -0.496 e. The molecule has 1 amide bonds. The van der Waals surface area contributed by atoms with Gasteiger partial charge in [-0.1, -0.05) is 38.5 Å². The maximum atomic E-state index is 12.1. The van der Waals surface area contributed by atoms with Crippen LogP contribution in [0, 0.1) is 33.1 Å². The molecule has 0 bridgehead atoms. The number of nitrogens with one attached hydrogen (secondary N) is 1. The molecule has 0 heterocycles. The van der Waals surface area contributed by atoms with Gasteiger partial charge in [-0.15, -0.1) is 11.6 Å². The summed E-state index contributed by atoms with van der Waals surface area (Å²) in [6.45, 7) is 11.3. The van der Waals surface area contributed by atoms with Gasteiger partial charge in [0, 0.05) is 17.7 Å². The molecule has 0 spiro atoms. The van der Waals surface area contributed by atoms with Gasteiger partial charge in [0.15, 0.2) is 0 Å². The fraction of sp³-hybridized carbons (Fsp3) is 0.308. The summed E-state index contributed by atoms with van der Waals surface area (Å²) >= 11 is 0. The van der Waals surface area contributed by atoms with Crippen LogP contribution in [-0.2, 0) is 9.59 Å². The number of aryl methyl sites for hydroxylation is 2. The van der Waals surface area contributed by atoms with Crippen LogP contribution in [0.4, 0.5) is 5.69 Å². The van der Waals surface area contributed by atoms with E-state index in [4.69, 9.17) is 4.74 Å². The van der Waals surface area contributed by atoms with Crippen LogP contribution in [0.2, 0.25) is 0 Å². The van der Waals surface area contributed by atoms with E-state index in [2.05, 4.69) is 25.2 Å². The average molecular weight is 444 g/mol. The van der Waals surface area contributed by atoms with Crippen LogP contribution in [0.15, 0.2) is 36.9 Å². The van der Waals surface area contributed by atoms with Crippen LogP contribution in [-0.4, -0.2) is 19.3 Å². The van der Waals surface area contributed by atoms with Gasteiger partial charge in [-0.2, -0.15) is 12.8 Å². The zero-order valence-electron chi connectivity index (χ0n) is 19.1. The Balaban J connectivity index is 0.000000324. The van der Waals surface area contributed by atoms with E-state index in [0.717, 1.165) is 59.4 Å². The maximum Gasteiger partial charge on any atom is 1.00 e. The van der Waals surface area contributed by atoms with Crippen LogP contribution < -0.4 is 61.4 Å². The third kappa shape index (κ3) is 8.24. The van der Waals surface area contributed by atoms with Crippen molar-refractivity contribution in [2.24, 2.45) is 5.92 Å². The SMILES string of the molecule is C=Cc1cc(C)c([CH2-])c([C-]=O)c1.COc1cc(NC(=O)C2CC[CH-]CC2)ccc1C.[K+]. The summed E-state index contributed by atoms with van der Waals surface area (Å²) in [6, 6.07) is 9.43. The zero-order chi connectivity index (χ0) is 22.1. The third-order valence-corrected chi connectivity index (χ3v) is 5.33. The summed E-state index contributed by atoms with van der Waals surface area (Å²) in [5.41, 5.74) is 5.07. The minimum absolute atomic E-state index is 0. The van der Waals surface area contributed by atoms with E-state index in [1.54, 1.807) is 19.3 Å². The molecule has 0 aromatic heterocycles. The molecular formula is C26H30KNO3-2. The van der Waals surface area contributed by atoms with Crippen molar-refractivity contribution in [3.63, 3.8) is 0 Å². The Morgan fingerprint density at radius 1 is 1.23 bits per heavy atom. The quantitative estimate of drug-likeness (QED) is 0.571. The summed E-state index contributed by atoms with van der Waals surface area (Å²) in [4.78, 5) is 22.5. The second-order valence-corrected chi connectivity index (χ2v) is 7.48. The first-order valence-corrected chi connectivity index (χ1v) is 10.1. The van der Waals surface area contributed by atoms with E-state index in [0.29, 0.717) is 5.56 Å². The number of methoxy groups -OCH3 is 1. The Hall–Kier alpha value is -1.37. The summed E-state index contributed by atoms with van der Waals surface area (Å²) in [5, 5.41) is 2.98. The molecule has 0 aliphatic heterocycles. The van der Waals surface area contributed by atoms with Gasteiger partial charge in [0.25, 0.3) is 0 Å². The molecule has 1 fully saturated rings. The summed E-state index contributed by atoms with van der Waals surface area (Å²) < 4.78 is 5.26. The van der Waals surface area contributed by atoms with Gasteiger partial charge in [-0.25, -0.2) is 11.6 Å². The van der Waals surface area contributed by atoms with Crippen molar-refractivity contribution >= 4 is 24.0 Å². The van der Waals surface area contributed by atoms with E-state index < -0.39 is 0 Å². The molecule has 2 aromatic rings. The predicted octanol–water partition coefficient (Wildman–Crippen LogP) is 2.62. The number of anilines is 1. The molecule has 160 valence electrons. The van der Waals surface area contributed by atoms with Gasteiger partial charge in [0.2, 0.25) is 5.91 Å². The molecule has 1 saturated carbocycles. The normalized spacial score (nSPS) is 13.1. The van der Waals surface area contributed by atoms with Gasteiger partial charge in [0.1, 0.15) is 5.75 Å². The summed E-state index contributed by atoms with van der Waals surface area (Å²) in [6.07, 6.45) is 9.85. The minimum atomic E-state index is 0. The molecule has 31 heavy (non-hydrogen) atoms. The first-order chi connectivity index (χ1) is 14.4. The van der Waals surface area contributed by atoms with Crippen LogP contribution in [0.25, 0.3) is 6.08 Å². The topological polar surface area (TPSA) is 55.4 Å². The Morgan fingerprint density at radius 3 is 2.48 bits per heavy atom. The van der Waals surface area contributed by atoms with E-state index in [-0.39, 0.29) is 63.2 Å². The smallest absolute Gasteiger partial charge is 0.496 e. The monoisotopic (exact) mass is 443 g/mol. The number of carbonyl (C=O) groups excluding carboxylic acids is 2. The number of ether oxygens (including phenoxy) is 1. The molecule has 0 unspecified atom stereocenters. The molecular weight excluding hydrogens is 413 g/mol. The molecule has 2 aromatic carbocycles. The molecule has 0 atom stereocenters. The second-order valence-electron chi connectivity index (χ2n) is 7.48.